The van der Waals surface area contributed by atoms with Crippen LogP contribution in [0.25, 0.3) is 0 Å². The fourth-order valence-electron chi connectivity index (χ4n) is 1.70. The molecule has 0 aromatic carbocycles. The Hall–Kier alpha value is -1.10. The molecule has 0 aliphatic carbocycles. The molecule has 1 aromatic rings. The maximum absolute atomic E-state index is 11.5. The minimum Gasteiger partial charge on any atom is -0.354 e. The molecule has 1 aliphatic rings. The third-order valence-electron chi connectivity index (χ3n) is 2.71. The van der Waals surface area contributed by atoms with Crippen molar-refractivity contribution in [2.45, 2.75) is 12.2 Å². The SMILES string of the molecule is CC1CN(c2ccccn2)CCS1(=O)=O. The van der Waals surface area contributed by atoms with E-state index in [1.165, 1.54) is 0 Å². The van der Waals surface area contributed by atoms with Gasteiger partial charge in [0, 0.05) is 19.3 Å². The van der Waals surface area contributed by atoms with E-state index < -0.39 is 9.84 Å². The molecule has 2 rings (SSSR count). The molecule has 0 saturated carbocycles. The van der Waals surface area contributed by atoms with Gasteiger partial charge in [0.2, 0.25) is 0 Å². The topological polar surface area (TPSA) is 50.3 Å². The van der Waals surface area contributed by atoms with Gasteiger partial charge < -0.3 is 4.90 Å². The molecular weight excluding hydrogens is 212 g/mol. The number of hydrogen-bond acceptors (Lipinski definition) is 4. The number of aromatic nitrogens is 1. The van der Waals surface area contributed by atoms with E-state index in [1.807, 2.05) is 23.1 Å². The van der Waals surface area contributed by atoms with Gasteiger partial charge in [0.05, 0.1) is 11.0 Å². The molecule has 15 heavy (non-hydrogen) atoms. The van der Waals surface area contributed by atoms with Crippen LogP contribution in [0.5, 0.6) is 0 Å². The van der Waals surface area contributed by atoms with Gasteiger partial charge in [-0.25, -0.2) is 13.4 Å². The molecule has 0 bridgehead atoms. The minimum absolute atomic E-state index is 0.227. The molecular formula is C10H14N2O2S. The molecule has 1 saturated heterocycles. The van der Waals surface area contributed by atoms with E-state index >= 15 is 0 Å². The number of hydrogen-bond donors (Lipinski definition) is 0. The van der Waals surface area contributed by atoms with E-state index in [-0.39, 0.29) is 11.0 Å². The van der Waals surface area contributed by atoms with Crippen molar-refractivity contribution in [2.24, 2.45) is 0 Å². The van der Waals surface area contributed by atoms with Crippen LogP contribution < -0.4 is 4.90 Å². The highest BCUT2D eigenvalue weighted by molar-refractivity contribution is 7.92. The Balaban J connectivity index is 2.16. The second kappa shape index (κ2) is 3.81. The van der Waals surface area contributed by atoms with Gasteiger partial charge in [0.25, 0.3) is 0 Å². The summed E-state index contributed by atoms with van der Waals surface area (Å²) >= 11 is 0. The molecule has 0 N–H and O–H groups in total. The maximum atomic E-state index is 11.5. The van der Waals surface area contributed by atoms with Crippen LogP contribution in [0, 0.1) is 0 Å². The Labute approximate surface area is 89.9 Å². The summed E-state index contributed by atoms with van der Waals surface area (Å²) in [4.78, 5) is 6.24. The fraction of sp³-hybridized carbons (Fsp3) is 0.500. The standard InChI is InChI=1S/C10H14N2O2S/c1-9-8-12(6-7-15(9,13)14)10-4-2-3-5-11-10/h2-5,9H,6-8H2,1H3. The summed E-state index contributed by atoms with van der Waals surface area (Å²) in [6, 6.07) is 5.67. The molecule has 4 nitrogen and oxygen atoms in total. The van der Waals surface area contributed by atoms with Gasteiger partial charge >= 0.3 is 0 Å². The first-order valence-electron chi connectivity index (χ1n) is 4.97. The lowest BCUT2D eigenvalue weighted by Gasteiger charge is -2.31. The molecule has 0 radical (unpaired) electrons. The fourth-order valence-corrected chi connectivity index (χ4v) is 2.99. The molecule has 1 aromatic heterocycles. The first kappa shape index (κ1) is 10.4. The second-order valence-corrected chi connectivity index (χ2v) is 6.35. The van der Waals surface area contributed by atoms with Gasteiger partial charge in [0.1, 0.15) is 5.82 Å². The lowest BCUT2D eigenvalue weighted by molar-refractivity contribution is 0.568. The van der Waals surface area contributed by atoms with Gasteiger partial charge in [-0.1, -0.05) is 6.07 Å². The van der Waals surface area contributed by atoms with Crippen molar-refractivity contribution in [1.82, 2.24) is 4.98 Å². The Morgan fingerprint density at radius 3 is 2.87 bits per heavy atom. The van der Waals surface area contributed by atoms with Crippen LogP contribution in [0.4, 0.5) is 5.82 Å². The summed E-state index contributed by atoms with van der Waals surface area (Å²) in [5.41, 5.74) is 0. The summed E-state index contributed by atoms with van der Waals surface area (Å²) in [6.45, 7) is 2.84. The average molecular weight is 226 g/mol. The van der Waals surface area contributed by atoms with Crippen LogP contribution in [0.1, 0.15) is 6.92 Å². The number of rotatable bonds is 1. The summed E-state index contributed by atoms with van der Waals surface area (Å²) in [5.74, 6) is 1.09. The van der Waals surface area contributed by atoms with Gasteiger partial charge in [-0.3, -0.25) is 0 Å². The number of nitrogens with zero attached hydrogens (tertiary/aromatic N) is 2. The van der Waals surface area contributed by atoms with E-state index in [9.17, 15) is 8.42 Å². The third-order valence-corrected chi connectivity index (χ3v) is 4.84. The van der Waals surface area contributed by atoms with Crippen molar-refractivity contribution in [3.8, 4) is 0 Å². The van der Waals surface area contributed by atoms with Crippen molar-refractivity contribution in [3.63, 3.8) is 0 Å². The van der Waals surface area contributed by atoms with E-state index in [0.29, 0.717) is 13.1 Å². The predicted octanol–water partition coefficient (Wildman–Crippen LogP) is 0.705. The number of anilines is 1. The van der Waals surface area contributed by atoms with Crippen LogP contribution in [-0.4, -0.2) is 37.5 Å². The molecule has 1 fully saturated rings. The van der Waals surface area contributed by atoms with Crippen LogP contribution in [0.2, 0.25) is 0 Å². The summed E-state index contributed by atoms with van der Waals surface area (Å²) in [6.07, 6.45) is 1.73. The Bertz CT molecular complexity index is 430. The molecule has 2 heterocycles. The Morgan fingerprint density at radius 2 is 2.27 bits per heavy atom. The molecule has 1 unspecified atom stereocenters. The Morgan fingerprint density at radius 1 is 1.47 bits per heavy atom. The quantitative estimate of drug-likeness (QED) is 0.707. The monoisotopic (exact) mass is 226 g/mol. The summed E-state index contributed by atoms with van der Waals surface area (Å²) in [5, 5.41) is -0.298. The summed E-state index contributed by atoms with van der Waals surface area (Å²) < 4.78 is 23.0. The molecule has 0 amide bonds. The van der Waals surface area contributed by atoms with Gasteiger partial charge in [0.15, 0.2) is 9.84 Å². The lowest BCUT2D eigenvalue weighted by Crippen LogP contribution is -2.45. The van der Waals surface area contributed by atoms with Crippen LogP contribution >= 0.6 is 0 Å². The smallest absolute Gasteiger partial charge is 0.156 e. The van der Waals surface area contributed by atoms with Gasteiger partial charge in [-0.15, -0.1) is 0 Å². The van der Waals surface area contributed by atoms with Crippen molar-refractivity contribution >= 4 is 15.7 Å². The van der Waals surface area contributed by atoms with Gasteiger partial charge in [-0.2, -0.15) is 0 Å². The number of sulfone groups is 1. The second-order valence-electron chi connectivity index (χ2n) is 3.81. The normalized spacial score (nSPS) is 25.1. The predicted molar refractivity (Wildman–Crippen MR) is 59.7 cm³/mol. The molecule has 5 heteroatoms. The van der Waals surface area contributed by atoms with Gasteiger partial charge in [-0.05, 0) is 19.1 Å². The van der Waals surface area contributed by atoms with Crippen LogP contribution in [0.3, 0.4) is 0 Å². The zero-order valence-corrected chi connectivity index (χ0v) is 9.44. The molecule has 1 atom stereocenters. The van der Waals surface area contributed by atoms with Crippen LogP contribution in [-0.2, 0) is 9.84 Å². The van der Waals surface area contributed by atoms with Crippen LogP contribution in [0.15, 0.2) is 24.4 Å². The zero-order valence-electron chi connectivity index (χ0n) is 8.63. The third kappa shape index (κ3) is 2.12. The molecule has 82 valence electrons. The van der Waals surface area contributed by atoms with E-state index in [4.69, 9.17) is 0 Å². The largest absolute Gasteiger partial charge is 0.354 e. The maximum Gasteiger partial charge on any atom is 0.156 e. The first-order valence-corrected chi connectivity index (χ1v) is 6.69. The zero-order chi connectivity index (χ0) is 10.9. The molecule has 1 aliphatic heterocycles. The highest BCUT2D eigenvalue weighted by Crippen LogP contribution is 2.17. The summed E-state index contributed by atoms with van der Waals surface area (Å²) in [7, 11) is -2.87. The Kier molecular flexibility index (Phi) is 2.65. The lowest BCUT2D eigenvalue weighted by atomic mass is 10.3. The highest BCUT2D eigenvalue weighted by atomic mass is 32.2. The highest BCUT2D eigenvalue weighted by Gasteiger charge is 2.29. The molecule has 0 spiro atoms. The van der Waals surface area contributed by atoms with Crippen molar-refractivity contribution in [3.05, 3.63) is 24.4 Å². The van der Waals surface area contributed by atoms with E-state index in [0.717, 1.165) is 5.82 Å². The van der Waals surface area contributed by atoms with E-state index in [1.54, 1.807) is 13.1 Å². The number of pyridine rings is 1. The minimum atomic E-state index is -2.87. The first-order chi connectivity index (χ1) is 7.09. The average Bonchev–Trinajstić information content (AvgIpc) is 2.23. The van der Waals surface area contributed by atoms with E-state index in [2.05, 4.69) is 4.98 Å². The van der Waals surface area contributed by atoms with Crippen molar-refractivity contribution < 1.29 is 8.42 Å². The van der Waals surface area contributed by atoms with Crippen molar-refractivity contribution in [2.75, 3.05) is 23.7 Å². The van der Waals surface area contributed by atoms with Crippen molar-refractivity contribution in [1.29, 1.82) is 0 Å².